The van der Waals surface area contributed by atoms with Gasteiger partial charge in [0, 0.05) is 0 Å². The van der Waals surface area contributed by atoms with Crippen molar-refractivity contribution < 1.29 is 44.9 Å². The van der Waals surface area contributed by atoms with Crippen LogP contribution >= 0.6 is 0 Å². The highest BCUT2D eigenvalue weighted by Gasteiger charge is 2.44. The van der Waals surface area contributed by atoms with Crippen molar-refractivity contribution in [2.24, 2.45) is 0 Å². The second kappa shape index (κ2) is 37.9. The summed E-state index contributed by atoms with van der Waals surface area (Å²) in [7, 11) is 0. The number of allylic oxidation sites excluding steroid dienone is 2. The molecule has 0 aromatic rings. The van der Waals surface area contributed by atoms with E-state index >= 15 is 0 Å². The third-order valence-corrected chi connectivity index (χ3v) is 11.7. The molecule has 0 aromatic heterocycles. The largest absolute Gasteiger partial charge is 0.394 e. The molecule has 0 saturated carbocycles. The summed E-state index contributed by atoms with van der Waals surface area (Å²) in [5.74, 6) is -0.587. The van der Waals surface area contributed by atoms with Crippen molar-refractivity contribution in [3.63, 3.8) is 0 Å². The van der Waals surface area contributed by atoms with Crippen LogP contribution in [0.3, 0.4) is 0 Å². The summed E-state index contributed by atoms with van der Waals surface area (Å²) in [5, 5.41) is 64.9. The van der Waals surface area contributed by atoms with Gasteiger partial charge in [0.25, 0.3) is 0 Å². The zero-order chi connectivity index (χ0) is 41.8. The molecule has 1 aliphatic rings. The van der Waals surface area contributed by atoms with E-state index in [9.17, 15) is 35.4 Å². The Bertz CT molecular complexity index is 921. The Hall–Kier alpha value is -1.11. The molecule has 1 rings (SSSR count). The van der Waals surface area contributed by atoms with E-state index in [-0.39, 0.29) is 6.61 Å². The number of nitrogens with one attached hydrogen (secondary N) is 1. The molecule has 10 heteroatoms. The second-order valence-corrected chi connectivity index (χ2v) is 17.0. The van der Waals surface area contributed by atoms with Crippen LogP contribution in [0.5, 0.6) is 0 Å². The van der Waals surface area contributed by atoms with Gasteiger partial charge in [-0.25, -0.2) is 0 Å². The van der Waals surface area contributed by atoms with E-state index in [0.29, 0.717) is 12.8 Å². The van der Waals surface area contributed by atoms with Gasteiger partial charge in [0.2, 0.25) is 5.91 Å². The van der Waals surface area contributed by atoms with Crippen molar-refractivity contribution in [2.45, 2.75) is 268 Å². The maximum atomic E-state index is 13.1. The lowest BCUT2D eigenvalue weighted by Crippen LogP contribution is -2.60. The first-order valence-electron chi connectivity index (χ1n) is 24.0. The molecular formula is C47H91NO9. The number of amides is 1. The van der Waals surface area contributed by atoms with Gasteiger partial charge in [-0.05, 0) is 38.5 Å². The fourth-order valence-corrected chi connectivity index (χ4v) is 7.75. The fraction of sp³-hybridized carbons (Fsp3) is 0.936. The van der Waals surface area contributed by atoms with Gasteiger partial charge in [0.05, 0.1) is 25.4 Å². The van der Waals surface area contributed by atoms with Crippen molar-refractivity contribution in [3.05, 3.63) is 12.2 Å². The molecule has 10 nitrogen and oxygen atoms in total. The van der Waals surface area contributed by atoms with Crippen LogP contribution in [0.1, 0.15) is 219 Å². The van der Waals surface area contributed by atoms with Gasteiger partial charge in [0.1, 0.15) is 30.5 Å². The molecule has 1 saturated heterocycles. The molecule has 338 valence electrons. The van der Waals surface area contributed by atoms with Crippen molar-refractivity contribution in [1.29, 1.82) is 0 Å². The van der Waals surface area contributed by atoms with Crippen molar-refractivity contribution in [1.82, 2.24) is 5.32 Å². The van der Waals surface area contributed by atoms with Crippen molar-refractivity contribution >= 4 is 5.91 Å². The maximum Gasteiger partial charge on any atom is 0.249 e. The summed E-state index contributed by atoms with van der Waals surface area (Å²) in [6, 6.07) is -0.893. The van der Waals surface area contributed by atoms with Crippen LogP contribution in [-0.4, -0.2) is 98.7 Å². The number of carbonyl (C=O) groups is 1. The molecule has 7 N–H and O–H groups in total. The topological polar surface area (TPSA) is 169 Å². The maximum absolute atomic E-state index is 13.1. The molecular weight excluding hydrogens is 723 g/mol. The van der Waals surface area contributed by atoms with Crippen molar-refractivity contribution in [3.8, 4) is 0 Å². The molecule has 1 aliphatic heterocycles. The average Bonchev–Trinajstić information content (AvgIpc) is 3.21. The summed E-state index contributed by atoms with van der Waals surface area (Å²) in [5.41, 5.74) is 0. The quantitative estimate of drug-likeness (QED) is 0.0236. The number of hydrogen-bond acceptors (Lipinski definition) is 9. The Balaban J connectivity index is 2.36. The second-order valence-electron chi connectivity index (χ2n) is 17.0. The lowest BCUT2D eigenvalue weighted by atomic mass is 9.99. The molecule has 0 aromatic carbocycles. The smallest absolute Gasteiger partial charge is 0.249 e. The Morgan fingerprint density at radius 2 is 0.982 bits per heavy atom. The standard InChI is InChI=1S/C47H91NO9/c1-3-5-7-9-11-13-15-17-19-20-21-22-24-26-28-30-32-34-36-41(51)46(55)48-39(38-56-47-45(54)44(53)43(52)42(37-49)57-47)40(50)35-33-31-29-27-25-23-18-16-14-12-10-8-6-4-2/h20-21,39-45,47,49-54H,3-19,22-38H2,1-2H3,(H,48,55)/b21-20-. The Morgan fingerprint density at radius 3 is 1.42 bits per heavy atom. The third-order valence-electron chi connectivity index (χ3n) is 11.7. The first-order valence-corrected chi connectivity index (χ1v) is 24.0. The van der Waals surface area contributed by atoms with E-state index in [0.717, 1.165) is 57.8 Å². The van der Waals surface area contributed by atoms with Gasteiger partial charge in [0.15, 0.2) is 6.29 Å². The van der Waals surface area contributed by atoms with Gasteiger partial charge in [-0.3, -0.25) is 4.79 Å². The van der Waals surface area contributed by atoms with Crippen LogP contribution in [0, 0.1) is 0 Å². The number of aliphatic hydroxyl groups is 6. The molecule has 1 fully saturated rings. The normalized spacial score (nSPS) is 21.6. The van der Waals surface area contributed by atoms with E-state index in [2.05, 4.69) is 31.3 Å². The van der Waals surface area contributed by atoms with E-state index < -0.39 is 61.5 Å². The van der Waals surface area contributed by atoms with E-state index in [1.807, 2.05) is 0 Å². The summed E-state index contributed by atoms with van der Waals surface area (Å²) >= 11 is 0. The van der Waals surface area contributed by atoms with Crippen LogP contribution in [0.2, 0.25) is 0 Å². The molecule has 0 bridgehead atoms. The minimum absolute atomic E-state index is 0.255. The summed E-state index contributed by atoms with van der Waals surface area (Å²) in [6.45, 7) is 3.67. The van der Waals surface area contributed by atoms with Crippen LogP contribution in [0.25, 0.3) is 0 Å². The Morgan fingerprint density at radius 1 is 0.579 bits per heavy atom. The lowest BCUT2D eigenvalue weighted by molar-refractivity contribution is -0.302. The number of rotatable bonds is 40. The molecule has 0 radical (unpaired) electrons. The predicted molar refractivity (Wildman–Crippen MR) is 232 cm³/mol. The molecule has 0 aliphatic carbocycles. The van der Waals surface area contributed by atoms with Gasteiger partial charge in [-0.15, -0.1) is 0 Å². The van der Waals surface area contributed by atoms with E-state index in [4.69, 9.17) is 9.47 Å². The third kappa shape index (κ3) is 28.1. The molecule has 8 unspecified atom stereocenters. The lowest BCUT2D eigenvalue weighted by Gasteiger charge is -2.40. The van der Waals surface area contributed by atoms with Gasteiger partial charge in [-0.1, -0.05) is 193 Å². The molecule has 1 heterocycles. The Labute approximate surface area is 349 Å². The van der Waals surface area contributed by atoms with Crippen LogP contribution in [0.4, 0.5) is 0 Å². The van der Waals surface area contributed by atoms with Crippen LogP contribution < -0.4 is 5.32 Å². The predicted octanol–water partition coefficient (Wildman–Crippen LogP) is 9.09. The molecule has 0 spiro atoms. The minimum Gasteiger partial charge on any atom is -0.394 e. The number of hydrogen-bond donors (Lipinski definition) is 7. The zero-order valence-electron chi connectivity index (χ0n) is 36.7. The van der Waals surface area contributed by atoms with Gasteiger partial charge < -0.3 is 45.4 Å². The van der Waals surface area contributed by atoms with Gasteiger partial charge >= 0.3 is 0 Å². The number of unbranched alkanes of at least 4 members (excludes halogenated alkanes) is 27. The monoisotopic (exact) mass is 814 g/mol. The zero-order valence-corrected chi connectivity index (χ0v) is 36.7. The van der Waals surface area contributed by atoms with Gasteiger partial charge in [-0.2, -0.15) is 0 Å². The first kappa shape index (κ1) is 53.9. The van der Waals surface area contributed by atoms with E-state index in [1.165, 1.54) is 135 Å². The first-order chi connectivity index (χ1) is 27.8. The number of aliphatic hydroxyl groups excluding tert-OH is 6. The number of ether oxygens (including phenoxy) is 2. The highest BCUT2D eigenvalue weighted by atomic mass is 16.7. The summed E-state index contributed by atoms with van der Waals surface area (Å²) in [6.07, 6.45) is 32.5. The molecule has 1 amide bonds. The highest BCUT2D eigenvalue weighted by molar-refractivity contribution is 5.80. The highest BCUT2D eigenvalue weighted by Crippen LogP contribution is 2.23. The average molecular weight is 814 g/mol. The van der Waals surface area contributed by atoms with Crippen LogP contribution in [0.15, 0.2) is 12.2 Å². The summed E-state index contributed by atoms with van der Waals surface area (Å²) in [4.78, 5) is 13.1. The number of carbonyl (C=O) groups excluding carboxylic acids is 1. The fourth-order valence-electron chi connectivity index (χ4n) is 7.75. The van der Waals surface area contributed by atoms with Crippen molar-refractivity contribution in [2.75, 3.05) is 13.2 Å². The molecule has 8 atom stereocenters. The van der Waals surface area contributed by atoms with E-state index in [1.54, 1.807) is 0 Å². The summed E-state index contributed by atoms with van der Waals surface area (Å²) < 4.78 is 11.2. The SMILES string of the molecule is CCCCCCCCCC/C=C\CCCCCCCCC(O)C(=O)NC(COC1OC(CO)C(O)C(O)C1O)C(O)CCCCCCCCCCCCCCCC. The minimum atomic E-state index is -1.59. The van der Waals surface area contributed by atoms with Crippen LogP contribution in [-0.2, 0) is 14.3 Å². The molecule has 57 heavy (non-hydrogen) atoms. The Kier molecular flexibility index (Phi) is 35.8.